The van der Waals surface area contributed by atoms with Crippen LogP contribution in [0.25, 0.3) is 0 Å². The van der Waals surface area contributed by atoms with E-state index in [1.54, 1.807) is 0 Å². The van der Waals surface area contributed by atoms with Gasteiger partial charge in [0.2, 0.25) is 0 Å². The lowest BCUT2D eigenvalue weighted by atomic mass is 10.2. The third-order valence-electron chi connectivity index (χ3n) is 3.96. The Bertz CT molecular complexity index is 468. The highest BCUT2D eigenvalue weighted by Gasteiger charge is 2.26. The van der Waals surface area contributed by atoms with Crippen LogP contribution in [-0.2, 0) is 0 Å². The second kappa shape index (κ2) is 9.10. The van der Waals surface area contributed by atoms with Crippen molar-refractivity contribution in [2.45, 2.75) is 25.8 Å². The Morgan fingerprint density at radius 2 is 2.14 bits per heavy atom. The van der Waals surface area contributed by atoms with Crippen molar-refractivity contribution in [2.24, 2.45) is 4.99 Å². The molecule has 1 saturated heterocycles. The minimum atomic E-state index is 0.273. The van der Waals surface area contributed by atoms with Crippen molar-refractivity contribution < 1.29 is 4.42 Å². The minimum Gasteiger partial charge on any atom is -0.465 e. The summed E-state index contributed by atoms with van der Waals surface area (Å²) < 4.78 is 5.88. The Morgan fingerprint density at radius 1 is 1.36 bits per heavy atom. The molecule has 1 fully saturated rings. The molecule has 1 aromatic rings. The van der Waals surface area contributed by atoms with Gasteiger partial charge in [0.1, 0.15) is 11.5 Å². The lowest BCUT2D eigenvalue weighted by Gasteiger charge is -2.26. The highest BCUT2D eigenvalue weighted by atomic mass is 32.2. The largest absolute Gasteiger partial charge is 0.465 e. The molecule has 2 rings (SSSR count). The number of guanidine groups is 1. The Morgan fingerprint density at radius 3 is 2.73 bits per heavy atom. The first-order valence-corrected chi connectivity index (χ1v) is 9.38. The van der Waals surface area contributed by atoms with Crippen LogP contribution in [0.2, 0.25) is 0 Å². The van der Waals surface area contributed by atoms with Crippen molar-refractivity contribution in [1.82, 2.24) is 15.5 Å². The molecule has 1 aliphatic heterocycles. The molecular weight excluding hydrogens is 296 g/mol. The summed E-state index contributed by atoms with van der Waals surface area (Å²) in [6.07, 6.45) is 4.66. The standard InChI is InChI=1S/C16H28N4OS/c1-13-6-7-15(21-13)14(20-9-4-5-10-20)12-19-16(17-2)18-8-11-22-3/h6-7,14H,4-5,8-12H2,1-3H3,(H2,17,18,19). The monoisotopic (exact) mass is 324 g/mol. The molecule has 0 aromatic carbocycles. The number of rotatable bonds is 7. The van der Waals surface area contributed by atoms with Crippen molar-refractivity contribution in [3.8, 4) is 0 Å². The van der Waals surface area contributed by atoms with Gasteiger partial charge in [-0.2, -0.15) is 11.8 Å². The van der Waals surface area contributed by atoms with E-state index in [1.165, 1.54) is 12.8 Å². The number of aryl methyl sites for hydroxylation is 1. The Kier molecular flexibility index (Phi) is 7.12. The fourth-order valence-corrected chi connectivity index (χ4v) is 3.09. The van der Waals surface area contributed by atoms with Crippen LogP contribution in [0.15, 0.2) is 21.5 Å². The van der Waals surface area contributed by atoms with Gasteiger partial charge >= 0.3 is 0 Å². The van der Waals surface area contributed by atoms with E-state index in [4.69, 9.17) is 4.42 Å². The highest BCUT2D eigenvalue weighted by Crippen LogP contribution is 2.26. The van der Waals surface area contributed by atoms with Gasteiger partial charge < -0.3 is 15.1 Å². The number of likely N-dealkylation sites (tertiary alicyclic amines) is 1. The Labute approximate surface area is 137 Å². The summed E-state index contributed by atoms with van der Waals surface area (Å²) >= 11 is 1.83. The van der Waals surface area contributed by atoms with Gasteiger partial charge in [0.15, 0.2) is 5.96 Å². The number of hydrogen-bond donors (Lipinski definition) is 2. The van der Waals surface area contributed by atoms with Gasteiger partial charge in [-0.3, -0.25) is 9.89 Å². The number of nitrogens with one attached hydrogen (secondary N) is 2. The predicted molar refractivity (Wildman–Crippen MR) is 94.7 cm³/mol. The van der Waals surface area contributed by atoms with Crippen LogP contribution in [0.3, 0.4) is 0 Å². The summed E-state index contributed by atoms with van der Waals surface area (Å²) in [6.45, 7) is 6.02. The van der Waals surface area contributed by atoms with Crippen molar-refractivity contribution in [3.63, 3.8) is 0 Å². The number of furan rings is 1. The molecule has 0 amide bonds. The van der Waals surface area contributed by atoms with Gasteiger partial charge in [-0.25, -0.2) is 0 Å². The summed E-state index contributed by atoms with van der Waals surface area (Å²) in [5.74, 6) is 3.96. The topological polar surface area (TPSA) is 52.8 Å². The van der Waals surface area contributed by atoms with Crippen LogP contribution in [0.5, 0.6) is 0 Å². The maximum atomic E-state index is 5.88. The molecule has 22 heavy (non-hydrogen) atoms. The maximum absolute atomic E-state index is 5.88. The molecule has 0 bridgehead atoms. The second-order valence-corrected chi connectivity index (χ2v) is 6.57. The molecule has 5 nitrogen and oxygen atoms in total. The smallest absolute Gasteiger partial charge is 0.191 e. The van der Waals surface area contributed by atoms with Crippen molar-refractivity contribution >= 4 is 17.7 Å². The molecule has 1 aromatic heterocycles. The van der Waals surface area contributed by atoms with Gasteiger partial charge in [-0.15, -0.1) is 0 Å². The van der Waals surface area contributed by atoms with Crippen molar-refractivity contribution in [1.29, 1.82) is 0 Å². The third kappa shape index (κ3) is 4.95. The van der Waals surface area contributed by atoms with Gasteiger partial charge in [-0.05, 0) is 51.2 Å². The molecule has 1 atom stereocenters. The number of nitrogens with zero attached hydrogens (tertiary/aromatic N) is 2. The fraction of sp³-hybridized carbons (Fsp3) is 0.688. The van der Waals surface area contributed by atoms with Gasteiger partial charge in [0.25, 0.3) is 0 Å². The average Bonchev–Trinajstić information content (AvgIpc) is 3.18. The van der Waals surface area contributed by atoms with Crippen molar-refractivity contribution in [3.05, 3.63) is 23.7 Å². The molecular formula is C16H28N4OS. The van der Waals surface area contributed by atoms with Crippen LogP contribution >= 0.6 is 11.8 Å². The normalized spacial score (nSPS) is 17.7. The molecule has 0 radical (unpaired) electrons. The van der Waals surface area contributed by atoms with Gasteiger partial charge in [0.05, 0.1) is 6.04 Å². The maximum Gasteiger partial charge on any atom is 0.191 e. The Hall–Kier alpha value is -1.14. The van der Waals surface area contributed by atoms with Crippen LogP contribution < -0.4 is 10.6 Å². The molecule has 0 saturated carbocycles. The summed E-state index contributed by atoms with van der Waals surface area (Å²) in [6, 6.07) is 4.42. The van der Waals surface area contributed by atoms with Crippen LogP contribution in [0.4, 0.5) is 0 Å². The molecule has 2 N–H and O–H groups in total. The van der Waals surface area contributed by atoms with Crippen LogP contribution in [-0.4, -0.2) is 56.1 Å². The zero-order chi connectivity index (χ0) is 15.8. The van der Waals surface area contributed by atoms with Gasteiger partial charge in [-0.1, -0.05) is 0 Å². The lowest BCUT2D eigenvalue weighted by molar-refractivity contribution is 0.213. The van der Waals surface area contributed by atoms with E-state index in [0.717, 1.165) is 49.4 Å². The first kappa shape index (κ1) is 17.2. The van der Waals surface area contributed by atoms with Crippen LogP contribution in [0.1, 0.15) is 30.4 Å². The fourth-order valence-electron chi connectivity index (χ4n) is 2.78. The number of hydrogen-bond acceptors (Lipinski definition) is 4. The van der Waals surface area contributed by atoms with Crippen molar-refractivity contribution in [2.75, 3.05) is 45.2 Å². The average molecular weight is 324 g/mol. The highest BCUT2D eigenvalue weighted by molar-refractivity contribution is 7.98. The quantitative estimate of drug-likeness (QED) is 0.458. The summed E-state index contributed by atoms with van der Waals surface area (Å²) in [7, 11) is 1.82. The van der Waals surface area contributed by atoms with E-state index in [0.29, 0.717) is 0 Å². The van der Waals surface area contributed by atoms with E-state index in [1.807, 2.05) is 31.8 Å². The van der Waals surface area contributed by atoms with Gasteiger partial charge in [0, 0.05) is 25.9 Å². The number of thioether (sulfide) groups is 1. The molecule has 0 aliphatic carbocycles. The molecule has 1 unspecified atom stereocenters. The molecule has 0 spiro atoms. The Balaban J connectivity index is 1.94. The predicted octanol–water partition coefficient (Wildman–Crippen LogP) is 2.25. The number of aliphatic imine (C=N–C) groups is 1. The van der Waals surface area contributed by atoms with E-state index in [2.05, 4.69) is 32.8 Å². The second-order valence-electron chi connectivity index (χ2n) is 5.58. The third-order valence-corrected chi connectivity index (χ3v) is 4.57. The molecule has 124 valence electrons. The van der Waals surface area contributed by atoms with Crippen LogP contribution in [0, 0.1) is 6.92 Å². The molecule has 6 heteroatoms. The summed E-state index contributed by atoms with van der Waals surface area (Å²) in [5.41, 5.74) is 0. The van der Waals surface area contributed by atoms with E-state index in [9.17, 15) is 0 Å². The van der Waals surface area contributed by atoms with E-state index in [-0.39, 0.29) is 6.04 Å². The molecule has 2 heterocycles. The van der Waals surface area contributed by atoms with E-state index < -0.39 is 0 Å². The zero-order valence-corrected chi connectivity index (χ0v) is 14.7. The summed E-state index contributed by atoms with van der Waals surface area (Å²) in [4.78, 5) is 6.79. The summed E-state index contributed by atoms with van der Waals surface area (Å²) in [5, 5.41) is 6.78. The van der Waals surface area contributed by atoms with E-state index >= 15 is 0 Å². The molecule has 1 aliphatic rings. The lowest BCUT2D eigenvalue weighted by Crippen LogP contribution is -2.43. The minimum absolute atomic E-state index is 0.273. The SMILES string of the molecule is CN=C(NCCSC)NCC(c1ccc(C)o1)N1CCCC1. The first-order valence-electron chi connectivity index (χ1n) is 7.98. The zero-order valence-electron chi connectivity index (χ0n) is 13.9. The first-order chi connectivity index (χ1) is 10.7.